The van der Waals surface area contributed by atoms with Crippen molar-refractivity contribution in [2.24, 2.45) is 5.92 Å². The molecule has 18 heavy (non-hydrogen) atoms. The molecule has 0 radical (unpaired) electrons. The second-order valence-corrected chi connectivity index (χ2v) is 5.47. The summed E-state index contributed by atoms with van der Waals surface area (Å²) in [4.78, 5) is 0. The average Bonchev–Trinajstić information content (AvgIpc) is 2.32. The molecule has 3 heteroatoms. The number of benzene rings is 1. The Labute approximate surface area is 109 Å². The third kappa shape index (κ3) is 2.78. The van der Waals surface area contributed by atoms with Crippen molar-refractivity contribution in [2.75, 3.05) is 0 Å². The van der Waals surface area contributed by atoms with Crippen LogP contribution < -0.4 is 5.32 Å². The Kier molecular flexibility index (Phi) is 4.12. The third-order valence-corrected chi connectivity index (χ3v) is 4.07. The fourth-order valence-corrected chi connectivity index (χ4v) is 2.95. The molecule has 0 heterocycles. The Morgan fingerprint density at radius 1 is 1.17 bits per heavy atom. The van der Waals surface area contributed by atoms with E-state index in [0.29, 0.717) is 17.5 Å². The van der Waals surface area contributed by atoms with Crippen LogP contribution in [-0.4, -0.2) is 16.3 Å². The molecule has 2 rings (SSSR count). The number of hydrogen-bond acceptors (Lipinski definition) is 3. The summed E-state index contributed by atoms with van der Waals surface area (Å²) in [7, 11) is 0. The lowest BCUT2D eigenvalue weighted by molar-refractivity contribution is 0.260. The first kappa shape index (κ1) is 13.2. The lowest BCUT2D eigenvalue weighted by Crippen LogP contribution is -2.38. The zero-order valence-electron chi connectivity index (χ0n) is 11.2. The minimum atomic E-state index is -0.0308. The van der Waals surface area contributed by atoms with Gasteiger partial charge in [-0.05, 0) is 37.8 Å². The molecule has 1 aromatic rings. The summed E-state index contributed by atoms with van der Waals surface area (Å²) in [5.74, 6) is 0.992. The third-order valence-electron chi connectivity index (χ3n) is 4.07. The van der Waals surface area contributed by atoms with Gasteiger partial charge < -0.3 is 15.5 Å². The van der Waals surface area contributed by atoms with Gasteiger partial charge in [-0.2, -0.15) is 0 Å². The van der Waals surface area contributed by atoms with Gasteiger partial charge in [0, 0.05) is 12.1 Å². The SMILES string of the molecule is CC(NC1CCCCC1C)c1c(O)cccc1O. The normalized spacial score (nSPS) is 25.9. The van der Waals surface area contributed by atoms with Gasteiger partial charge in [-0.15, -0.1) is 0 Å². The summed E-state index contributed by atoms with van der Waals surface area (Å²) in [6.45, 7) is 4.27. The summed E-state index contributed by atoms with van der Waals surface area (Å²) in [5, 5.41) is 23.3. The number of aromatic hydroxyl groups is 2. The van der Waals surface area contributed by atoms with Crippen LogP contribution in [0.4, 0.5) is 0 Å². The van der Waals surface area contributed by atoms with Crippen LogP contribution in [-0.2, 0) is 0 Å². The molecule has 0 saturated heterocycles. The topological polar surface area (TPSA) is 52.5 Å². The molecule has 3 atom stereocenters. The molecule has 1 fully saturated rings. The van der Waals surface area contributed by atoms with Gasteiger partial charge in [0.05, 0.1) is 5.56 Å². The van der Waals surface area contributed by atoms with Gasteiger partial charge in [0.25, 0.3) is 0 Å². The highest BCUT2D eigenvalue weighted by molar-refractivity contribution is 5.44. The molecule has 0 spiro atoms. The van der Waals surface area contributed by atoms with E-state index in [0.717, 1.165) is 0 Å². The van der Waals surface area contributed by atoms with E-state index in [1.165, 1.54) is 25.7 Å². The van der Waals surface area contributed by atoms with Crippen molar-refractivity contribution in [1.29, 1.82) is 0 Å². The Morgan fingerprint density at radius 2 is 1.78 bits per heavy atom. The molecule has 1 aromatic carbocycles. The van der Waals surface area contributed by atoms with Crippen molar-refractivity contribution in [1.82, 2.24) is 5.32 Å². The van der Waals surface area contributed by atoms with E-state index in [1.807, 2.05) is 6.92 Å². The summed E-state index contributed by atoms with van der Waals surface area (Å²) in [5.41, 5.74) is 0.607. The van der Waals surface area contributed by atoms with Crippen molar-refractivity contribution in [3.05, 3.63) is 23.8 Å². The van der Waals surface area contributed by atoms with Gasteiger partial charge in [-0.25, -0.2) is 0 Å². The van der Waals surface area contributed by atoms with E-state index in [2.05, 4.69) is 12.2 Å². The van der Waals surface area contributed by atoms with Crippen LogP contribution in [0.25, 0.3) is 0 Å². The van der Waals surface area contributed by atoms with Crippen molar-refractivity contribution in [2.45, 2.75) is 51.6 Å². The number of phenolic OH excluding ortho intramolecular Hbond substituents is 2. The Hall–Kier alpha value is -1.22. The molecule has 3 unspecified atom stereocenters. The van der Waals surface area contributed by atoms with Crippen molar-refractivity contribution < 1.29 is 10.2 Å². The Bertz CT molecular complexity index is 385. The fraction of sp³-hybridized carbons (Fsp3) is 0.600. The first-order valence-electron chi connectivity index (χ1n) is 6.86. The van der Waals surface area contributed by atoms with Crippen LogP contribution in [0.2, 0.25) is 0 Å². The van der Waals surface area contributed by atoms with Gasteiger partial charge in [-0.3, -0.25) is 0 Å². The maximum atomic E-state index is 9.86. The van der Waals surface area contributed by atoms with Gasteiger partial charge in [0.2, 0.25) is 0 Å². The van der Waals surface area contributed by atoms with Crippen LogP contribution in [0.15, 0.2) is 18.2 Å². The lowest BCUT2D eigenvalue weighted by atomic mass is 9.85. The molecule has 1 aliphatic carbocycles. The molecular formula is C15H23NO2. The largest absolute Gasteiger partial charge is 0.507 e. The Morgan fingerprint density at radius 3 is 2.39 bits per heavy atom. The van der Waals surface area contributed by atoms with E-state index < -0.39 is 0 Å². The molecule has 1 aliphatic rings. The summed E-state index contributed by atoms with van der Waals surface area (Å²) < 4.78 is 0. The van der Waals surface area contributed by atoms with Crippen LogP contribution in [0.5, 0.6) is 11.5 Å². The molecule has 0 aliphatic heterocycles. The van der Waals surface area contributed by atoms with Crippen LogP contribution in [0.1, 0.15) is 51.1 Å². The zero-order chi connectivity index (χ0) is 13.1. The summed E-state index contributed by atoms with van der Waals surface area (Å²) in [6.07, 6.45) is 5.02. The van der Waals surface area contributed by atoms with Crippen molar-refractivity contribution in [3.8, 4) is 11.5 Å². The van der Waals surface area contributed by atoms with Gasteiger partial charge in [0.1, 0.15) is 11.5 Å². The lowest BCUT2D eigenvalue weighted by Gasteiger charge is -2.32. The van der Waals surface area contributed by atoms with Crippen LogP contribution in [0.3, 0.4) is 0 Å². The highest BCUT2D eigenvalue weighted by Crippen LogP contribution is 2.34. The highest BCUT2D eigenvalue weighted by Gasteiger charge is 2.24. The molecular weight excluding hydrogens is 226 g/mol. The van der Waals surface area contributed by atoms with E-state index >= 15 is 0 Å². The van der Waals surface area contributed by atoms with Crippen molar-refractivity contribution in [3.63, 3.8) is 0 Å². The predicted molar refractivity (Wildman–Crippen MR) is 72.7 cm³/mol. The monoisotopic (exact) mass is 249 g/mol. The number of phenols is 2. The fourth-order valence-electron chi connectivity index (χ4n) is 2.95. The predicted octanol–water partition coefficient (Wildman–Crippen LogP) is 3.33. The summed E-state index contributed by atoms with van der Waals surface area (Å²) >= 11 is 0. The van der Waals surface area contributed by atoms with Gasteiger partial charge >= 0.3 is 0 Å². The quantitative estimate of drug-likeness (QED) is 0.770. The maximum absolute atomic E-state index is 9.86. The van der Waals surface area contributed by atoms with E-state index in [4.69, 9.17) is 0 Å². The molecule has 3 nitrogen and oxygen atoms in total. The van der Waals surface area contributed by atoms with E-state index in [-0.39, 0.29) is 17.5 Å². The first-order valence-corrected chi connectivity index (χ1v) is 6.86. The number of hydrogen-bond donors (Lipinski definition) is 3. The number of nitrogens with one attached hydrogen (secondary N) is 1. The van der Waals surface area contributed by atoms with Crippen LogP contribution in [0, 0.1) is 5.92 Å². The average molecular weight is 249 g/mol. The van der Waals surface area contributed by atoms with Crippen LogP contribution >= 0.6 is 0 Å². The van der Waals surface area contributed by atoms with Gasteiger partial charge in [-0.1, -0.05) is 25.8 Å². The second-order valence-electron chi connectivity index (χ2n) is 5.47. The minimum absolute atomic E-state index is 0.0308. The number of rotatable bonds is 3. The molecule has 1 saturated carbocycles. The second kappa shape index (κ2) is 5.61. The zero-order valence-corrected chi connectivity index (χ0v) is 11.2. The molecule has 0 aromatic heterocycles. The molecule has 100 valence electrons. The van der Waals surface area contributed by atoms with E-state index in [1.54, 1.807) is 18.2 Å². The summed E-state index contributed by atoms with van der Waals surface area (Å²) in [6, 6.07) is 5.35. The molecule has 0 amide bonds. The standard InChI is InChI=1S/C15H23NO2/c1-10-6-3-4-7-12(10)16-11(2)15-13(17)8-5-9-14(15)18/h5,8-12,16-18H,3-4,6-7H2,1-2H3. The van der Waals surface area contributed by atoms with E-state index in [9.17, 15) is 10.2 Å². The van der Waals surface area contributed by atoms with Gasteiger partial charge in [0.15, 0.2) is 0 Å². The molecule has 3 N–H and O–H groups in total. The minimum Gasteiger partial charge on any atom is -0.507 e. The first-order chi connectivity index (χ1) is 8.59. The Balaban J connectivity index is 2.09. The highest BCUT2D eigenvalue weighted by atomic mass is 16.3. The smallest absolute Gasteiger partial charge is 0.124 e. The maximum Gasteiger partial charge on any atom is 0.124 e. The molecule has 0 bridgehead atoms. The van der Waals surface area contributed by atoms with Crippen molar-refractivity contribution >= 4 is 0 Å².